The zero-order chi connectivity index (χ0) is 24.6. The molecule has 8 heteroatoms. The molecule has 1 aliphatic rings. The highest BCUT2D eigenvalue weighted by Crippen LogP contribution is 2.23. The zero-order valence-corrected chi connectivity index (χ0v) is 20.4. The van der Waals surface area contributed by atoms with E-state index in [1.165, 1.54) is 0 Å². The van der Waals surface area contributed by atoms with E-state index in [4.69, 9.17) is 14.2 Å². The number of rotatable bonds is 7. The van der Waals surface area contributed by atoms with Gasteiger partial charge in [-0.1, -0.05) is 42.5 Å². The number of nitrogens with one attached hydrogen (secondary N) is 2. The van der Waals surface area contributed by atoms with Crippen LogP contribution < -0.4 is 15.5 Å². The highest BCUT2D eigenvalue weighted by atomic mass is 16.6. The Bertz CT molecular complexity index is 945. The van der Waals surface area contributed by atoms with E-state index in [0.717, 1.165) is 23.4 Å². The summed E-state index contributed by atoms with van der Waals surface area (Å²) in [5, 5.41) is 5.67. The van der Waals surface area contributed by atoms with Crippen molar-refractivity contribution in [3.8, 4) is 0 Å². The molecule has 0 bridgehead atoms. The second-order valence-corrected chi connectivity index (χ2v) is 9.34. The fourth-order valence-corrected chi connectivity index (χ4v) is 3.60. The number of benzene rings is 2. The summed E-state index contributed by atoms with van der Waals surface area (Å²) in [6.07, 6.45) is -1.05. The molecule has 0 spiro atoms. The number of alkyl carbamates (subject to hydrolysis) is 2. The van der Waals surface area contributed by atoms with Gasteiger partial charge in [0.2, 0.25) is 0 Å². The van der Waals surface area contributed by atoms with Crippen molar-refractivity contribution < 1.29 is 23.8 Å². The smallest absolute Gasteiger partial charge is 0.407 e. The van der Waals surface area contributed by atoms with Gasteiger partial charge in [0, 0.05) is 25.3 Å². The molecule has 184 valence electrons. The topological polar surface area (TPSA) is 89.1 Å². The first-order valence-corrected chi connectivity index (χ1v) is 11.6. The summed E-state index contributed by atoms with van der Waals surface area (Å²) < 4.78 is 16.4. The van der Waals surface area contributed by atoms with E-state index < -0.39 is 17.8 Å². The predicted octanol–water partition coefficient (Wildman–Crippen LogP) is 4.40. The summed E-state index contributed by atoms with van der Waals surface area (Å²) in [6, 6.07) is 17.4. The van der Waals surface area contributed by atoms with E-state index >= 15 is 0 Å². The average Bonchev–Trinajstić information content (AvgIpc) is 2.81. The maximum atomic E-state index is 12.2. The monoisotopic (exact) mass is 469 g/mol. The van der Waals surface area contributed by atoms with Gasteiger partial charge in [-0.2, -0.15) is 0 Å². The maximum absolute atomic E-state index is 12.2. The zero-order valence-electron chi connectivity index (χ0n) is 20.4. The van der Waals surface area contributed by atoms with Gasteiger partial charge < -0.3 is 29.7 Å². The molecule has 8 nitrogen and oxygen atoms in total. The first-order valence-electron chi connectivity index (χ1n) is 11.6. The van der Waals surface area contributed by atoms with Gasteiger partial charge in [0.05, 0.1) is 18.8 Å². The number of amides is 2. The number of morpholine rings is 1. The second-order valence-electron chi connectivity index (χ2n) is 9.34. The largest absolute Gasteiger partial charge is 0.445 e. The predicted molar refractivity (Wildman–Crippen MR) is 131 cm³/mol. The number of hydrogen-bond acceptors (Lipinski definition) is 6. The summed E-state index contributed by atoms with van der Waals surface area (Å²) in [4.78, 5) is 26.4. The van der Waals surface area contributed by atoms with Crippen LogP contribution in [-0.4, -0.2) is 50.1 Å². The van der Waals surface area contributed by atoms with Crippen LogP contribution in [0.1, 0.15) is 44.9 Å². The summed E-state index contributed by atoms with van der Waals surface area (Å²) in [7, 11) is 0. The van der Waals surface area contributed by atoms with Crippen LogP contribution in [0.15, 0.2) is 54.6 Å². The molecular formula is C26H35N3O5. The molecule has 3 rings (SSSR count). The fraction of sp³-hybridized carbons (Fsp3) is 0.462. The Kier molecular flexibility index (Phi) is 8.76. The molecule has 2 N–H and O–H groups in total. The molecule has 34 heavy (non-hydrogen) atoms. The number of hydrogen-bond donors (Lipinski definition) is 2. The molecule has 0 saturated carbocycles. The quantitative estimate of drug-likeness (QED) is 0.625. The standard InChI is InChI=1S/C26H35N3O5/c1-19(28-25(31)33-18-20-9-6-5-7-10-20)21-11-8-12-22(15-21)29-13-14-32-23(17-29)16-27-24(30)34-26(2,3)4/h5-12,15,19,23H,13-14,16-18H2,1-4H3,(H,27,30)(H,28,31). The van der Waals surface area contributed by atoms with E-state index in [-0.39, 0.29) is 18.8 Å². The Labute approximate surface area is 201 Å². The first-order chi connectivity index (χ1) is 16.2. The molecule has 1 fully saturated rings. The molecule has 1 heterocycles. The molecule has 0 radical (unpaired) electrons. The Balaban J connectivity index is 1.51. The minimum Gasteiger partial charge on any atom is -0.445 e. The third-order valence-electron chi connectivity index (χ3n) is 5.29. The number of nitrogens with zero attached hydrogens (tertiary/aromatic N) is 1. The van der Waals surface area contributed by atoms with Gasteiger partial charge in [-0.3, -0.25) is 0 Å². The Hall–Kier alpha value is -3.26. The third-order valence-corrected chi connectivity index (χ3v) is 5.29. The van der Waals surface area contributed by atoms with Crippen LogP contribution in [0.5, 0.6) is 0 Å². The van der Waals surface area contributed by atoms with Crippen molar-refractivity contribution in [2.45, 2.75) is 52.0 Å². The van der Waals surface area contributed by atoms with E-state index in [0.29, 0.717) is 19.7 Å². The van der Waals surface area contributed by atoms with E-state index in [2.05, 4.69) is 21.6 Å². The van der Waals surface area contributed by atoms with E-state index in [9.17, 15) is 9.59 Å². The van der Waals surface area contributed by atoms with Gasteiger partial charge in [0.1, 0.15) is 12.2 Å². The summed E-state index contributed by atoms with van der Waals surface area (Å²) in [5.74, 6) is 0. The van der Waals surface area contributed by atoms with Gasteiger partial charge in [0.15, 0.2) is 0 Å². The van der Waals surface area contributed by atoms with Gasteiger partial charge in [0.25, 0.3) is 0 Å². The third kappa shape index (κ3) is 8.26. The summed E-state index contributed by atoms with van der Waals surface area (Å²) in [6.45, 7) is 9.96. The highest BCUT2D eigenvalue weighted by Gasteiger charge is 2.23. The van der Waals surface area contributed by atoms with Crippen molar-refractivity contribution in [2.75, 3.05) is 31.1 Å². The highest BCUT2D eigenvalue weighted by molar-refractivity contribution is 5.68. The molecule has 2 unspecified atom stereocenters. The number of ether oxygens (including phenoxy) is 3. The second kappa shape index (κ2) is 11.7. The van der Waals surface area contributed by atoms with E-state index in [1.54, 1.807) is 0 Å². The van der Waals surface area contributed by atoms with E-state index in [1.807, 2.05) is 76.2 Å². The molecule has 2 atom stereocenters. The lowest BCUT2D eigenvalue weighted by Gasteiger charge is -2.35. The van der Waals surface area contributed by atoms with Crippen LogP contribution in [0, 0.1) is 0 Å². The van der Waals surface area contributed by atoms with Gasteiger partial charge in [-0.05, 0) is 51.0 Å². The molecule has 0 aromatic heterocycles. The normalized spacial score (nSPS) is 16.9. The minimum atomic E-state index is -0.539. The summed E-state index contributed by atoms with van der Waals surface area (Å²) in [5.41, 5.74) is 2.41. The van der Waals surface area contributed by atoms with Crippen LogP contribution in [0.4, 0.5) is 15.3 Å². The lowest BCUT2D eigenvalue weighted by molar-refractivity contribution is 0.0283. The number of carbonyl (C=O) groups excluding carboxylic acids is 2. The summed E-state index contributed by atoms with van der Waals surface area (Å²) >= 11 is 0. The maximum Gasteiger partial charge on any atom is 0.407 e. The van der Waals surface area contributed by atoms with Gasteiger partial charge in [-0.15, -0.1) is 0 Å². The van der Waals surface area contributed by atoms with Crippen LogP contribution in [0.25, 0.3) is 0 Å². The molecule has 0 aliphatic carbocycles. The van der Waals surface area contributed by atoms with Crippen molar-refractivity contribution in [1.82, 2.24) is 10.6 Å². The Morgan fingerprint density at radius 2 is 1.88 bits per heavy atom. The van der Waals surface area contributed by atoms with Crippen molar-refractivity contribution in [3.05, 3.63) is 65.7 Å². The van der Waals surface area contributed by atoms with Crippen LogP contribution >= 0.6 is 0 Å². The first kappa shape index (κ1) is 25.4. The van der Waals surface area contributed by atoms with Crippen molar-refractivity contribution in [2.24, 2.45) is 0 Å². The van der Waals surface area contributed by atoms with Gasteiger partial charge in [-0.25, -0.2) is 9.59 Å². The number of anilines is 1. The molecule has 1 aliphatic heterocycles. The molecule has 1 saturated heterocycles. The molecule has 2 aromatic carbocycles. The Morgan fingerprint density at radius 1 is 1.12 bits per heavy atom. The molecule has 2 amide bonds. The van der Waals surface area contributed by atoms with Crippen LogP contribution in [0.2, 0.25) is 0 Å². The SMILES string of the molecule is CC(NC(=O)OCc1ccccc1)c1cccc(N2CCOC(CNC(=O)OC(C)(C)C)C2)c1. The van der Waals surface area contributed by atoms with Crippen LogP contribution in [0.3, 0.4) is 0 Å². The molecular weight excluding hydrogens is 434 g/mol. The van der Waals surface area contributed by atoms with Crippen molar-refractivity contribution in [3.63, 3.8) is 0 Å². The van der Waals surface area contributed by atoms with Crippen molar-refractivity contribution >= 4 is 17.9 Å². The lowest BCUT2D eigenvalue weighted by Crippen LogP contribution is -2.48. The minimum absolute atomic E-state index is 0.145. The van der Waals surface area contributed by atoms with Gasteiger partial charge >= 0.3 is 12.2 Å². The van der Waals surface area contributed by atoms with Crippen molar-refractivity contribution in [1.29, 1.82) is 0 Å². The lowest BCUT2D eigenvalue weighted by atomic mass is 10.1. The average molecular weight is 470 g/mol. The Morgan fingerprint density at radius 3 is 2.62 bits per heavy atom. The number of carbonyl (C=O) groups is 2. The van der Waals surface area contributed by atoms with Crippen LogP contribution in [-0.2, 0) is 20.8 Å². The molecule has 2 aromatic rings. The fourth-order valence-electron chi connectivity index (χ4n) is 3.60.